The first-order valence-electron chi connectivity index (χ1n) is 12.7. The molecule has 0 fully saturated rings. The summed E-state index contributed by atoms with van der Waals surface area (Å²) in [5, 5.41) is 14.6. The predicted octanol–water partition coefficient (Wildman–Crippen LogP) is 6.94. The average Bonchev–Trinajstić information content (AvgIpc) is 2.85. The molecule has 0 saturated carbocycles. The fraction of sp³-hybridized carbons (Fsp3) is 0.379. The zero-order chi connectivity index (χ0) is 29.8. The molecule has 2 atom stereocenters. The molecule has 3 aromatic carbocycles. The van der Waals surface area contributed by atoms with Gasteiger partial charge in [-0.25, -0.2) is 0 Å². The lowest BCUT2D eigenvalue weighted by Crippen LogP contribution is -2.37. The van der Waals surface area contributed by atoms with Crippen molar-refractivity contribution in [1.29, 1.82) is 5.26 Å². The van der Waals surface area contributed by atoms with Gasteiger partial charge in [0.2, 0.25) is 9.04 Å². The van der Waals surface area contributed by atoms with Crippen LogP contribution in [0.1, 0.15) is 54.6 Å². The zero-order valence-electron chi connectivity index (χ0n) is 23.3. The molecule has 0 aliphatic carbocycles. The Bertz CT molecular complexity index is 1550. The Morgan fingerprint density at radius 2 is 1.77 bits per heavy atom. The number of carbonyl (C=O) groups is 1. The molecule has 0 heterocycles. The summed E-state index contributed by atoms with van der Waals surface area (Å²) < 4.78 is 35.8. The van der Waals surface area contributed by atoms with E-state index in [0.717, 1.165) is 11.8 Å². The summed E-state index contributed by atoms with van der Waals surface area (Å²) >= 11 is 12.5. The Morgan fingerprint density at radius 1 is 1.10 bits per heavy atom. The van der Waals surface area contributed by atoms with E-state index in [4.69, 9.17) is 31.8 Å². The summed E-state index contributed by atoms with van der Waals surface area (Å²) in [6.07, 6.45) is 1.35. The van der Waals surface area contributed by atoms with E-state index in [2.05, 4.69) is 39.2 Å². The summed E-state index contributed by atoms with van der Waals surface area (Å²) in [5.74, 6) is -1.08. The van der Waals surface area contributed by atoms with Gasteiger partial charge in [0, 0.05) is 12.5 Å². The van der Waals surface area contributed by atoms with Gasteiger partial charge in [-0.2, -0.15) is 13.7 Å². The molecule has 1 N–H and O–H groups in total. The molecule has 1 radical (unpaired) electrons. The standard InChI is InChI=1S/C29H33Cl2N2O5SSi/c1-29(2,3)25(38-40(5)6)15-21(18-11-12-23(30)24(31)14-18)17-33-28(34)26-22-10-8-7-9-19(22)13-20(16-32)27(26)37-39(4,35)36/h7-14,21,25H,15,17H2,1-6H3,(H,33,34)/t21-,25?/m1/s1. The normalized spacial score (nSPS) is 13.6. The molecule has 0 aliphatic rings. The van der Waals surface area contributed by atoms with Gasteiger partial charge in [-0.1, -0.05) is 74.3 Å². The molecule has 213 valence electrons. The van der Waals surface area contributed by atoms with E-state index in [-0.39, 0.29) is 40.9 Å². The fourth-order valence-electron chi connectivity index (χ4n) is 4.40. The van der Waals surface area contributed by atoms with Crippen molar-refractivity contribution >= 4 is 59.0 Å². The summed E-state index contributed by atoms with van der Waals surface area (Å²) in [5.41, 5.74) is 0.617. The predicted molar refractivity (Wildman–Crippen MR) is 162 cm³/mol. The van der Waals surface area contributed by atoms with Crippen molar-refractivity contribution in [2.24, 2.45) is 5.41 Å². The fourth-order valence-corrected chi connectivity index (χ4v) is 6.21. The minimum Gasteiger partial charge on any atom is -0.414 e. The number of carbonyl (C=O) groups excluding carboxylic acids is 1. The van der Waals surface area contributed by atoms with Gasteiger partial charge in [-0.05, 0) is 59.5 Å². The third-order valence-corrected chi connectivity index (χ3v) is 8.31. The Labute approximate surface area is 248 Å². The van der Waals surface area contributed by atoms with Crippen LogP contribution in [0.15, 0.2) is 48.5 Å². The van der Waals surface area contributed by atoms with Crippen molar-refractivity contribution in [1.82, 2.24) is 5.32 Å². The maximum atomic E-state index is 13.8. The molecule has 11 heteroatoms. The molecule has 7 nitrogen and oxygen atoms in total. The first-order chi connectivity index (χ1) is 18.6. The van der Waals surface area contributed by atoms with Crippen LogP contribution in [-0.4, -0.2) is 42.3 Å². The Hall–Kier alpha value is -2.61. The van der Waals surface area contributed by atoms with Gasteiger partial charge in [0.1, 0.15) is 6.07 Å². The third kappa shape index (κ3) is 8.21. The summed E-state index contributed by atoms with van der Waals surface area (Å²) in [6.45, 7) is 10.7. The molecule has 3 aromatic rings. The van der Waals surface area contributed by atoms with E-state index in [1.165, 1.54) is 6.07 Å². The quantitative estimate of drug-likeness (QED) is 0.194. The van der Waals surface area contributed by atoms with Gasteiger partial charge in [0.05, 0.1) is 33.5 Å². The van der Waals surface area contributed by atoms with Crippen LogP contribution >= 0.6 is 23.2 Å². The monoisotopic (exact) mass is 619 g/mol. The number of halogens is 2. The smallest absolute Gasteiger partial charge is 0.306 e. The van der Waals surface area contributed by atoms with E-state index >= 15 is 0 Å². The molecule has 1 amide bonds. The highest BCUT2D eigenvalue weighted by Crippen LogP contribution is 2.36. The number of nitriles is 1. The number of hydrogen-bond acceptors (Lipinski definition) is 6. The van der Waals surface area contributed by atoms with Crippen molar-refractivity contribution in [3.8, 4) is 11.8 Å². The number of hydrogen-bond donors (Lipinski definition) is 1. The van der Waals surface area contributed by atoms with Crippen molar-refractivity contribution in [2.75, 3.05) is 12.8 Å². The van der Waals surface area contributed by atoms with E-state index in [0.29, 0.717) is 27.2 Å². The second-order valence-electron chi connectivity index (χ2n) is 10.9. The SMILES string of the molecule is C[Si](C)OC(C[C@H](CNC(=O)c1c(OS(C)(=O)=O)c(C#N)cc2ccccc12)c1ccc(Cl)c(Cl)c1)C(C)(C)C. The molecular formula is C29H33Cl2N2O5SSi. The van der Waals surface area contributed by atoms with Crippen LogP contribution in [0.2, 0.25) is 23.1 Å². The Kier molecular flexibility index (Phi) is 10.3. The first kappa shape index (κ1) is 31.9. The molecular weight excluding hydrogens is 587 g/mol. The van der Waals surface area contributed by atoms with E-state index in [1.54, 1.807) is 36.4 Å². The Morgan fingerprint density at radius 3 is 2.35 bits per heavy atom. The van der Waals surface area contributed by atoms with Gasteiger partial charge >= 0.3 is 10.1 Å². The summed E-state index contributed by atoms with van der Waals surface area (Å²) in [6, 6.07) is 15.8. The molecule has 0 bridgehead atoms. The molecule has 0 aliphatic heterocycles. The Balaban J connectivity index is 2.06. The van der Waals surface area contributed by atoms with Gasteiger partial charge in [-0.15, -0.1) is 0 Å². The maximum Gasteiger partial charge on any atom is 0.306 e. The first-order valence-corrected chi connectivity index (χ1v) is 17.6. The molecule has 0 spiro atoms. The highest BCUT2D eigenvalue weighted by Gasteiger charge is 2.31. The van der Waals surface area contributed by atoms with Gasteiger partial charge < -0.3 is 13.9 Å². The number of nitrogens with zero attached hydrogens (tertiary/aromatic N) is 1. The van der Waals surface area contributed by atoms with Crippen LogP contribution < -0.4 is 9.50 Å². The van der Waals surface area contributed by atoms with Crippen LogP contribution in [0.4, 0.5) is 0 Å². The molecule has 1 unspecified atom stereocenters. The minimum absolute atomic E-state index is 0.0239. The summed E-state index contributed by atoms with van der Waals surface area (Å²) in [7, 11) is -5.06. The van der Waals surface area contributed by atoms with Gasteiger partial charge in [0.25, 0.3) is 5.91 Å². The van der Waals surface area contributed by atoms with Crippen LogP contribution in [-0.2, 0) is 14.5 Å². The lowest BCUT2D eigenvalue weighted by atomic mass is 9.81. The molecule has 0 saturated heterocycles. The average molecular weight is 621 g/mol. The van der Waals surface area contributed by atoms with Crippen LogP contribution in [0.5, 0.6) is 5.75 Å². The third-order valence-electron chi connectivity index (χ3n) is 6.35. The topological polar surface area (TPSA) is 105 Å². The largest absolute Gasteiger partial charge is 0.414 e. The van der Waals surface area contributed by atoms with E-state index in [9.17, 15) is 18.5 Å². The van der Waals surface area contributed by atoms with Crippen LogP contribution in [0.3, 0.4) is 0 Å². The number of amides is 1. The lowest BCUT2D eigenvalue weighted by molar-refractivity contribution is 0.0705. The van der Waals surface area contributed by atoms with E-state index < -0.39 is 25.1 Å². The van der Waals surface area contributed by atoms with E-state index in [1.807, 2.05) is 12.1 Å². The van der Waals surface area contributed by atoms with Crippen LogP contribution in [0, 0.1) is 16.7 Å². The highest BCUT2D eigenvalue weighted by molar-refractivity contribution is 7.86. The van der Waals surface area contributed by atoms with Crippen molar-refractivity contribution in [3.05, 3.63) is 75.3 Å². The number of nitrogens with one attached hydrogen (secondary N) is 1. The molecule has 40 heavy (non-hydrogen) atoms. The zero-order valence-corrected chi connectivity index (χ0v) is 26.7. The molecule has 3 rings (SSSR count). The number of fused-ring (bicyclic) bond motifs is 1. The number of rotatable bonds is 10. The second kappa shape index (κ2) is 12.9. The van der Waals surface area contributed by atoms with Crippen molar-refractivity contribution in [3.63, 3.8) is 0 Å². The van der Waals surface area contributed by atoms with Crippen LogP contribution in [0.25, 0.3) is 10.8 Å². The second-order valence-corrected chi connectivity index (χ2v) is 15.4. The summed E-state index contributed by atoms with van der Waals surface area (Å²) in [4.78, 5) is 13.8. The minimum atomic E-state index is -4.03. The maximum absolute atomic E-state index is 13.8. The molecule has 0 aromatic heterocycles. The van der Waals surface area contributed by atoms with Gasteiger partial charge in [0.15, 0.2) is 5.75 Å². The number of benzene rings is 3. The lowest BCUT2D eigenvalue weighted by Gasteiger charge is -2.35. The highest BCUT2D eigenvalue weighted by atomic mass is 35.5. The van der Waals surface area contributed by atoms with Crippen molar-refractivity contribution in [2.45, 2.75) is 52.3 Å². The van der Waals surface area contributed by atoms with Gasteiger partial charge in [-0.3, -0.25) is 4.79 Å². The van der Waals surface area contributed by atoms with Crippen molar-refractivity contribution < 1.29 is 21.8 Å².